The standard InChI is InChI=1S/C17H19NO4/c19-16(18-9-10-22-12-17(20)21)8-6-13-5-7-14-3-1-2-4-15(14)11-13/h1-5,7,11H,6,8-10,12H2,(H,18,19)(H,20,21). The molecule has 0 heterocycles. The van der Waals surface area contributed by atoms with E-state index in [9.17, 15) is 9.59 Å². The molecular formula is C17H19NO4. The average molecular weight is 301 g/mol. The van der Waals surface area contributed by atoms with Crippen molar-refractivity contribution in [3.63, 3.8) is 0 Å². The van der Waals surface area contributed by atoms with Crippen molar-refractivity contribution in [1.82, 2.24) is 5.32 Å². The molecule has 5 nitrogen and oxygen atoms in total. The fraction of sp³-hybridized carbons (Fsp3) is 0.294. The van der Waals surface area contributed by atoms with E-state index in [1.807, 2.05) is 18.2 Å². The van der Waals surface area contributed by atoms with Gasteiger partial charge >= 0.3 is 5.97 Å². The molecule has 0 fully saturated rings. The topological polar surface area (TPSA) is 75.6 Å². The smallest absolute Gasteiger partial charge is 0.329 e. The van der Waals surface area contributed by atoms with Gasteiger partial charge in [-0.1, -0.05) is 42.5 Å². The second kappa shape index (κ2) is 8.14. The Hall–Kier alpha value is -2.40. The molecule has 0 atom stereocenters. The molecule has 2 aromatic carbocycles. The molecule has 0 aliphatic rings. The van der Waals surface area contributed by atoms with Crippen molar-refractivity contribution in [3.05, 3.63) is 48.0 Å². The average Bonchev–Trinajstić information content (AvgIpc) is 2.52. The predicted molar refractivity (Wildman–Crippen MR) is 83.7 cm³/mol. The van der Waals surface area contributed by atoms with Gasteiger partial charge in [0.2, 0.25) is 5.91 Å². The normalized spacial score (nSPS) is 10.5. The predicted octanol–water partition coefficient (Wildman–Crippen LogP) is 1.99. The van der Waals surface area contributed by atoms with Crippen LogP contribution in [0.15, 0.2) is 42.5 Å². The Morgan fingerprint density at radius 3 is 2.64 bits per heavy atom. The summed E-state index contributed by atoms with van der Waals surface area (Å²) in [5, 5.41) is 13.5. The maximum Gasteiger partial charge on any atom is 0.329 e. The molecule has 0 aromatic heterocycles. The molecule has 2 aromatic rings. The van der Waals surface area contributed by atoms with Crippen LogP contribution in [0.3, 0.4) is 0 Å². The summed E-state index contributed by atoms with van der Waals surface area (Å²) in [4.78, 5) is 21.9. The van der Waals surface area contributed by atoms with Crippen LogP contribution in [-0.4, -0.2) is 36.7 Å². The first-order valence-corrected chi connectivity index (χ1v) is 7.19. The van der Waals surface area contributed by atoms with E-state index in [0.717, 1.165) is 5.56 Å². The third kappa shape index (κ3) is 5.18. The molecule has 0 saturated carbocycles. The molecule has 5 heteroatoms. The minimum atomic E-state index is -1.01. The number of rotatable bonds is 8. The summed E-state index contributed by atoms with van der Waals surface area (Å²) < 4.78 is 4.84. The van der Waals surface area contributed by atoms with Crippen LogP contribution in [0.4, 0.5) is 0 Å². The van der Waals surface area contributed by atoms with Crippen molar-refractivity contribution in [3.8, 4) is 0 Å². The molecule has 0 aliphatic carbocycles. The first kappa shape index (κ1) is 16.0. The number of nitrogens with one attached hydrogen (secondary N) is 1. The van der Waals surface area contributed by atoms with Gasteiger partial charge in [0.15, 0.2) is 0 Å². The van der Waals surface area contributed by atoms with Gasteiger partial charge in [-0.2, -0.15) is 0 Å². The van der Waals surface area contributed by atoms with Gasteiger partial charge in [0.1, 0.15) is 6.61 Å². The number of carbonyl (C=O) groups is 2. The molecule has 0 radical (unpaired) electrons. The first-order chi connectivity index (χ1) is 10.6. The Balaban J connectivity index is 1.72. The highest BCUT2D eigenvalue weighted by molar-refractivity contribution is 5.83. The van der Waals surface area contributed by atoms with E-state index in [-0.39, 0.29) is 19.1 Å². The monoisotopic (exact) mass is 301 g/mol. The zero-order chi connectivity index (χ0) is 15.8. The van der Waals surface area contributed by atoms with Crippen LogP contribution >= 0.6 is 0 Å². The lowest BCUT2D eigenvalue weighted by Crippen LogP contribution is -2.28. The molecule has 0 saturated heterocycles. The molecular weight excluding hydrogens is 282 g/mol. The minimum absolute atomic E-state index is 0.0629. The van der Waals surface area contributed by atoms with Gasteiger partial charge in [-0.05, 0) is 22.8 Å². The van der Waals surface area contributed by atoms with E-state index in [2.05, 4.69) is 29.6 Å². The van der Waals surface area contributed by atoms with Gasteiger partial charge in [-0.15, -0.1) is 0 Å². The van der Waals surface area contributed by atoms with Crippen molar-refractivity contribution < 1.29 is 19.4 Å². The second-order valence-corrected chi connectivity index (χ2v) is 4.98. The highest BCUT2D eigenvalue weighted by atomic mass is 16.5. The molecule has 0 bridgehead atoms. The van der Waals surface area contributed by atoms with E-state index in [4.69, 9.17) is 9.84 Å². The summed E-state index contributed by atoms with van der Waals surface area (Å²) in [6.07, 6.45) is 1.07. The van der Waals surface area contributed by atoms with E-state index < -0.39 is 5.97 Å². The van der Waals surface area contributed by atoms with Crippen molar-refractivity contribution in [2.75, 3.05) is 19.8 Å². The largest absolute Gasteiger partial charge is 0.480 e. The lowest BCUT2D eigenvalue weighted by Gasteiger charge is -2.06. The van der Waals surface area contributed by atoms with E-state index in [1.54, 1.807) is 0 Å². The van der Waals surface area contributed by atoms with Gasteiger partial charge < -0.3 is 15.2 Å². The summed E-state index contributed by atoms with van der Waals surface area (Å²) >= 11 is 0. The van der Waals surface area contributed by atoms with E-state index in [0.29, 0.717) is 19.4 Å². The van der Waals surface area contributed by atoms with E-state index in [1.165, 1.54) is 10.8 Å². The summed E-state index contributed by atoms with van der Waals surface area (Å²) in [5.74, 6) is -1.07. The lowest BCUT2D eigenvalue weighted by atomic mass is 10.0. The number of aryl methyl sites for hydroxylation is 1. The van der Waals surface area contributed by atoms with E-state index >= 15 is 0 Å². The fourth-order valence-electron chi connectivity index (χ4n) is 2.16. The van der Waals surface area contributed by atoms with Crippen LogP contribution in [0, 0.1) is 0 Å². The number of amides is 1. The zero-order valence-electron chi connectivity index (χ0n) is 12.2. The molecule has 116 valence electrons. The number of benzene rings is 2. The number of hydrogen-bond donors (Lipinski definition) is 2. The number of carboxylic acids is 1. The van der Waals surface area contributed by atoms with Crippen LogP contribution < -0.4 is 5.32 Å². The summed E-state index contributed by atoms with van der Waals surface area (Å²) in [5.41, 5.74) is 1.12. The van der Waals surface area contributed by atoms with Crippen LogP contribution in [0.1, 0.15) is 12.0 Å². The Bertz CT molecular complexity index is 654. The number of carboxylic acid groups (broad SMARTS) is 1. The Kier molecular flexibility index (Phi) is 5.91. The van der Waals surface area contributed by atoms with Crippen LogP contribution in [0.25, 0.3) is 10.8 Å². The molecule has 2 N–H and O–H groups in total. The zero-order valence-corrected chi connectivity index (χ0v) is 12.2. The maximum absolute atomic E-state index is 11.7. The molecule has 0 unspecified atom stereocenters. The summed E-state index contributed by atoms with van der Waals surface area (Å²) in [6, 6.07) is 14.3. The minimum Gasteiger partial charge on any atom is -0.480 e. The highest BCUT2D eigenvalue weighted by Crippen LogP contribution is 2.16. The third-order valence-corrected chi connectivity index (χ3v) is 3.25. The van der Waals surface area contributed by atoms with Gasteiger partial charge in [0, 0.05) is 13.0 Å². The Labute approximate surface area is 128 Å². The molecule has 2 rings (SSSR count). The van der Waals surface area contributed by atoms with Gasteiger partial charge in [-0.3, -0.25) is 4.79 Å². The Morgan fingerprint density at radius 1 is 1.09 bits per heavy atom. The number of aliphatic carboxylic acids is 1. The summed E-state index contributed by atoms with van der Waals surface area (Å²) in [7, 11) is 0. The van der Waals surface area contributed by atoms with Gasteiger partial charge in [-0.25, -0.2) is 4.79 Å². The lowest BCUT2D eigenvalue weighted by molar-refractivity contribution is -0.142. The van der Waals surface area contributed by atoms with Crippen molar-refractivity contribution in [2.24, 2.45) is 0 Å². The molecule has 0 aliphatic heterocycles. The van der Waals surface area contributed by atoms with Gasteiger partial charge in [0.25, 0.3) is 0 Å². The van der Waals surface area contributed by atoms with Crippen LogP contribution in [0.2, 0.25) is 0 Å². The van der Waals surface area contributed by atoms with Crippen LogP contribution in [0.5, 0.6) is 0 Å². The number of ether oxygens (including phenoxy) is 1. The quantitative estimate of drug-likeness (QED) is 0.731. The molecule has 1 amide bonds. The van der Waals surface area contributed by atoms with Crippen LogP contribution in [-0.2, 0) is 20.7 Å². The van der Waals surface area contributed by atoms with Gasteiger partial charge in [0.05, 0.1) is 6.61 Å². The highest BCUT2D eigenvalue weighted by Gasteiger charge is 2.03. The third-order valence-electron chi connectivity index (χ3n) is 3.25. The number of fused-ring (bicyclic) bond motifs is 1. The summed E-state index contributed by atoms with van der Waals surface area (Å²) in [6.45, 7) is 0.185. The number of hydrogen-bond acceptors (Lipinski definition) is 3. The fourth-order valence-corrected chi connectivity index (χ4v) is 2.16. The maximum atomic E-state index is 11.7. The van der Waals surface area contributed by atoms with Crippen molar-refractivity contribution in [2.45, 2.75) is 12.8 Å². The second-order valence-electron chi connectivity index (χ2n) is 4.98. The van der Waals surface area contributed by atoms with Crippen molar-refractivity contribution in [1.29, 1.82) is 0 Å². The molecule has 22 heavy (non-hydrogen) atoms. The SMILES string of the molecule is O=C(O)COCCNC(=O)CCc1ccc2ccccc2c1. The first-order valence-electron chi connectivity index (χ1n) is 7.19. The van der Waals surface area contributed by atoms with Crippen molar-refractivity contribution >= 4 is 22.6 Å². The number of carbonyl (C=O) groups excluding carboxylic acids is 1. The molecule has 0 spiro atoms. The Morgan fingerprint density at radius 2 is 1.86 bits per heavy atom.